The first-order valence-electron chi connectivity index (χ1n) is 23.0. The third kappa shape index (κ3) is 5.36. The van der Waals surface area contributed by atoms with E-state index in [1.54, 1.807) is 0 Å². The van der Waals surface area contributed by atoms with E-state index in [4.69, 9.17) is 0 Å². The lowest BCUT2D eigenvalue weighted by Crippen LogP contribution is -2.02. The molecule has 0 fully saturated rings. The molecule has 68 heavy (non-hydrogen) atoms. The van der Waals surface area contributed by atoms with Gasteiger partial charge in [-0.25, -0.2) is 0 Å². The first-order valence-corrected chi connectivity index (χ1v) is 23.0. The van der Waals surface area contributed by atoms with E-state index in [1.165, 1.54) is 43.8 Å². The number of nitrogens with zero attached hydrogens (tertiary/aromatic N) is 5. The zero-order valence-electron chi connectivity index (χ0n) is 36.7. The van der Waals surface area contributed by atoms with Crippen molar-refractivity contribution in [1.29, 1.82) is 10.5 Å². The van der Waals surface area contributed by atoms with Crippen LogP contribution < -0.4 is 0 Å². The minimum Gasteiger partial charge on any atom is -0.309 e. The molecule has 14 rings (SSSR count). The molecule has 0 spiro atoms. The second-order valence-corrected chi connectivity index (χ2v) is 17.8. The summed E-state index contributed by atoms with van der Waals surface area (Å²) in [6, 6.07) is 80.2. The van der Waals surface area contributed by atoms with Gasteiger partial charge in [0, 0.05) is 54.8 Å². The van der Waals surface area contributed by atoms with Gasteiger partial charge >= 0.3 is 0 Å². The molecule has 5 nitrogen and oxygen atoms in total. The Morgan fingerprint density at radius 2 is 0.971 bits per heavy atom. The summed E-state index contributed by atoms with van der Waals surface area (Å²) in [5.41, 5.74) is 19.1. The van der Waals surface area contributed by atoms with E-state index in [-0.39, 0.29) is 0 Å². The summed E-state index contributed by atoms with van der Waals surface area (Å²) in [4.78, 5) is 0. The summed E-state index contributed by atoms with van der Waals surface area (Å²) in [7, 11) is 0. The molecule has 0 unspecified atom stereocenters. The minimum absolute atomic E-state index is 0.453. The smallest absolute Gasteiger partial charge is 0.0998 e. The van der Waals surface area contributed by atoms with Crippen molar-refractivity contribution in [3.8, 4) is 62.6 Å². The van der Waals surface area contributed by atoms with Crippen molar-refractivity contribution in [2.75, 3.05) is 0 Å². The average Bonchev–Trinajstić information content (AvgIpc) is 4.14. The van der Waals surface area contributed by atoms with Gasteiger partial charge in [0.1, 0.15) is 0 Å². The van der Waals surface area contributed by atoms with Crippen LogP contribution in [0, 0.1) is 22.7 Å². The van der Waals surface area contributed by atoms with Crippen molar-refractivity contribution in [2.24, 2.45) is 0 Å². The van der Waals surface area contributed by atoms with Crippen molar-refractivity contribution in [1.82, 2.24) is 13.7 Å². The standard InChI is InChI=1S/C63H37N5/c64-37-43-32-41(33-44(38-65)61(43)39-15-3-1-4-16-39)48-28-27-46(66-55-24-12-10-22-50(55)54-36-53-42(34-59(54)66)31-40-17-7-8-20-47(40)53)35-60(48)68-57-26-14-11-23-52(57)62-58(68)30-29-51-49-21-9-13-25-56(49)67(63(51)62)45-18-5-2-6-19-45/h1-30,32-36H,31H2. The number of hydrogen-bond donors (Lipinski definition) is 0. The van der Waals surface area contributed by atoms with Gasteiger partial charge in [-0.1, -0.05) is 140 Å². The third-order valence-electron chi connectivity index (χ3n) is 14.3. The highest BCUT2D eigenvalue weighted by Gasteiger charge is 2.26. The molecular weight excluding hydrogens is 827 g/mol. The molecule has 0 N–H and O–H groups in total. The predicted molar refractivity (Wildman–Crippen MR) is 278 cm³/mol. The van der Waals surface area contributed by atoms with Crippen molar-refractivity contribution in [3.05, 3.63) is 235 Å². The monoisotopic (exact) mass is 863 g/mol. The second-order valence-electron chi connectivity index (χ2n) is 17.8. The average molecular weight is 864 g/mol. The summed E-state index contributed by atoms with van der Waals surface area (Å²) in [6.45, 7) is 0. The van der Waals surface area contributed by atoms with Crippen LogP contribution in [-0.4, -0.2) is 13.7 Å². The molecule has 1 aliphatic carbocycles. The summed E-state index contributed by atoms with van der Waals surface area (Å²) >= 11 is 0. The van der Waals surface area contributed by atoms with Gasteiger partial charge in [-0.15, -0.1) is 0 Å². The maximum absolute atomic E-state index is 10.8. The molecular formula is C63H37N5. The summed E-state index contributed by atoms with van der Waals surface area (Å²) in [5, 5.41) is 28.7. The first-order chi connectivity index (χ1) is 33.7. The number of rotatable bonds is 5. The summed E-state index contributed by atoms with van der Waals surface area (Å²) in [5.74, 6) is 0. The van der Waals surface area contributed by atoms with E-state index in [0.717, 1.165) is 84.0 Å². The number of benzene rings is 10. The van der Waals surface area contributed by atoms with Gasteiger partial charge in [-0.3, -0.25) is 0 Å². The van der Waals surface area contributed by atoms with Crippen molar-refractivity contribution in [2.45, 2.75) is 6.42 Å². The highest BCUT2D eigenvalue weighted by Crippen LogP contribution is 2.46. The fraction of sp³-hybridized carbons (Fsp3) is 0.0159. The first kappa shape index (κ1) is 37.9. The number of para-hydroxylation sites is 4. The van der Waals surface area contributed by atoms with E-state index in [0.29, 0.717) is 16.7 Å². The van der Waals surface area contributed by atoms with E-state index in [2.05, 4.69) is 196 Å². The fourth-order valence-corrected chi connectivity index (χ4v) is 11.5. The number of hydrogen-bond acceptors (Lipinski definition) is 2. The van der Waals surface area contributed by atoms with Crippen LogP contribution in [0.2, 0.25) is 0 Å². The normalized spacial score (nSPS) is 12.0. The minimum atomic E-state index is 0.453. The maximum atomic E-state index is 10.8. The Morgan fingerprint density at radius 1 is 0.353 bits per heavy atom. The summed E-state index contributed by atoms with van der Waals surface area (Å²) < 4.78 is 7.23. The number of fused-ring (bicyclic) bond motifs is 13. The van der Waals surface area contributed by atoms with Crippen LogP contribution in [0.25, 0.3) is 116 Å². The molecule has 0 saturated heterocycles. The van der Waals surface area contributed by atoms with Crippen LogP contribution in [0.5, 0.6) is 0 Å². The molecule has 314 valence electrons. The van der Waals surface area contributed by atoms with E-state index in [1.807, 2.05) is 42.5 Å². The molecule has 5 heteroatoms. The largest absolute Gasteiger partial charge is 0.309 e. The highest BCUT2D eigenvalue weighted by atomic mass is 15.0. The number of nitriles is 2. The Balaban J connectivity index is 1.11. The fourth-order valence-electron chi connectivity index (χ4n) is 11.5. The molecule has 3 aromatic heterocycles. The van der Waals surface area contributed by atoms with Crippen molar-refractivity contribution in [3.63, 3.8) is 0 Å². The van der Waals surface area contributed by atoms with Crippen molar-refractivity contribution < 1.29 is 0 Å². The van der Waals surface area contributed by atoms with Crippen LogP contribution in [0.15, 0.2) is 212 Å². The predicted octanol–water partition coefficient (Wildman–Crippen LogP) is 15.6. The van der Waals surface area contributed by atoms with E-state index in [9.17, 15) is 10.5 Å². The lowest BCUT2D eigenvalue weighted by Gasteiger charge is -2.19. The molecule has 3 heterocycles. The maximum Gasteiger partial charge on any atom is 0.0998 e. The van der Waals surface area contributed by atoms with Crippen LogP contribution in [0.4, 0.5) is 0 Å². The van der Waals surface area contributed by atoms with Crippen LogP contribution in [0.1, 0.15) is 22.3 Å². The molecule has 0 saturated carbocycles. The van der Waals surface area contributed by atoms with Crippen LogP contribution >= 0.6 is 0 Å². The molecule has 1 aliphatic rings. The third-order valence-corrected chi connectivity index (χ3v) is 14.3. The van der Waals surface area contributed by atoms with E-state index >= 15 is 0 Å². The van der Waals surface area contributed by atoms with E-state index < -0.39 is 0 Å². The summed E-state index contributed by atoms with van der Waals surface area (Å²) in [6.07, 6.45) is 0.893. The zero-order chi connectivity index (χ0) is 45.0. The van der Waals surface area contributed by atoms with Gasteiger partial charge in [0.25, 0.3) is 0 Å². The molecule has 0 radical (unpaired) electrons. The second kappa shape index (κ2) is 14.5. The highest BCUT2D eigenvalue weighted by molar-refractivity contribution is 6.26. The lowest BCUT2D eigenvalue weighted by molar-refractivity contribution is 1.13. The van der Waals surface area contributed by atoms with Crippen LogP contribution in [0.3, 0.4) is 0 Å². The lowest BCUT2D eigenvalue weighted by atomic mass is 9.90. The Labute approximate surface area is 391 Å². The Kier molecular flexibility index (Phi) is 8.11. The molecule has 0 bridgehead atoms. The number of aromatic nitrogens is 3. The Bertz CT molecular complexity index is 4330. The molecule has 0 amide bonds. The molecule has 0 aliphatic heterocycles. The van der Waals surface area contributed by atoms with Crippen molar-refractivity contribution >= 4 is 65.4 Å². The Morgan fingerprint density at radius 3 is 1.71 bits per heavy atom. The van der Waals surface area contributed by atoms with Gasteiger partial charge in [0.15, 0.2) is 0 Å². The zero-order valence-corrected chi connectivity index (χ0v) is 36.7. The molecule has 13 aromatic rings. The topological polar surface area (TPSA) is 62.4 Å². The van der Waals surface area contributed by atoms with Gasteiger partial charge in [0.2, 0.25) is 0 Å². The van der Waals surface area contributed by atoms with Gasteiger partial charge in [0.05, 0.1) is 62.1 Å². The van der Waals surface area contributed by atoms with Gasteiger partial charge in [-0.2, -0.15) is 10.5 Å². The quantitative estimate of drug-likeness (QED) is 0.173. The Hall–Kier alpha value is -9.42. The van der Waals surface area contributed by atoms with Gasteiger partial charge < -0.3 is 13.7 Å². The van der Waals surface area contributed by atoms with Crippen LogP contribution in [-0.2, 0) is 6.42 Å². The van der Waals surface area contributed by atoms with Gasteiger partial charge in [-0.05, 0) is 113 Å². The molecule has 0 atom stereocenters. The SMILES string of the molecule is N#Cc1cc(-c2ccc(-n3c4ccccc4c4cc5c(cc43)Cc3ccccc3-5)cc2-n2c3ccccc3c3c2ccc2c4ccccc4n(-c4ccccc4)c23)cc(C#N)c1-c1ccccc1. The molecule has 10 aromatic carbocycles.